The molecule has 1 unspecified atom stereocenters. The smallest absolute Gasteiger partial charge is 0.326 e. The predicted octanol–water partition coefficient (Wildman–Crippen LogP) is 1.79. The van der Waals surface area contributed by atoms with Gasteiger partial charge in [0.2, 0.25) is 5.88 Å². The summed E-state index contributed by atoms with van der Waals surface area (Å²) in [7, 11) is 0. The van der Waals surface area contributed by atoms with E-state index < -0.39 is 12.0 Å². The minimum atomic E-state index is -0.889. The van der Waals surface area contributed by atoms with Crippen molar-refractivity contribution in [2.45, 2.75) is 33.2 Å². The van der Waals surface area contributed by atoms with Gasteiger partial charge in [-0.15, -0.1) is 0 Å². The summed E-state index contributed by atoms with van der Waals surface area (Å²) in [5, 5.41) is 12.0. The number of nitrogens with zero attached hydrogens (tertiary/aromatic N) is 2. The maximum Gasteiger partial charge on any atom is 0.326 e. The second-order valence-electron chi connectivity index (χ2n) is 4.34. The predicted molar refractivity (Wildman–Crippen MR) is 67.7 cm³/mol. The van der Waals surface area contributed by atoms with Gasteiger partial charge in [-0.25, -0.2) is 14.8 Å². The minimum Gasteiger partial charge on any atom is -0.480 e. The van der Waals surface area contributed by atoms with Crippen molar-refractivity contribution in [3.63, 3.8) is 0 Å². The van der Waals surface area contributed by atoms with Crippen molar-refractivity contribution in [2.75, 3.05) is 11.9 Å². The average molecular weight is 253 g/mol. The first kappa shape index (κ1) is 14.2. The van der Waals surface area contributed by atoms with E-state index in [2.05, 4.69) is 15.3 Å². The molecule has 0 spiro atoms. The molecule has 18 heavy (non-hydrogen) atoms. The number of carboxylic acid groups (broad SMARTS) is 1. The van der Waals surface area contributed by atoms with Gasteiger partial charge in [-0.1, -0.05) is 13.8 Å². The minimum absolute atomic E-state index is 0.284. The molecule has 1 heterocycles. The van der Waals surface area contributed by atoms with Crippen molar-refractivity contribution in [2.24, 2.45) is 5.92 Å². The number of ether oxygens (including phenoxy) is 1. The summed E-state index contributed by atoms with van der Waals surface area (Å²) in [6.07, 6.45) is 1.88. The largest absolute Gasteiger partial charge is 0.480 e. The standard InChI is InChI=1S/C12H19N3O3/c1-4-18-11-6-10(13-7-14-11)15-9(12(16)17)5-8(2)3/h6-9H,4-5H2,1-3H3,(H,16,17)(H,13,14,15). The van der Waals surface area contributed by atoms with Crippen molar-refractivity contribution in [1.82, 2.24) is 9.97 Å². The lowest BCUT2D eigenvalue weighted by atomic mass is 10.0. The van der Waals surface area contributed by atoms with Gasteiger partial charge in [0.1, 0.15) is 18.2 Å². The van der Waals surface area contributed by atoms with E-state index in [0.717, 1.165) is 0 Å². The van der Waals surface area contributed by atoms with Gasteiger partial charge in [-0.2, -0.15) is 0 Å². The highest BCUT2D eigenvalue weighted by Crippen LogP contribution is 2.15. The van der Waals surface area contributed by atoms with E-state index in [0.29, 0.717) is 24.7 Å². The molecule has 1 rings (SSSR count). The van der Waals surface area contributed by atoms with Crippen LogP contribution in [0.3, 0.4) is 0 Å². The quantitative estimate of drug-likeness (QED) is 0.770. The lowest BCUT2D eigenvalue weighted by Gasteiger charge is -2.17. The van der Waals surface area contributed by atoms with Crippen molar-refractivity contribution in [3.05, 3.63) is 12.4 Å². The third-order valence-electron chi connectivity index (χ3n) is 2.26. The lowest BCUT2D eigenvalue weighted by Crippen LogP contribution is -2.31. The molecule has 0 bridgehead atoms. The third kappa shape index (κ3) is 4.57. The zero-order valence-electron chi connectivity index (χ0n) is 10.9. The van der Waals surface area contributed by atoms with Crippen LogP contribution < -0.4 is 10.1 Å². The summed E-state index contributed by atoms with van der Waals surface area (Å²) in [6, 6.07) is 0.939. The van der Waals surface area contributed by atoms with Crippen LogP contribution in [0.4, 0.5) is 5.82 Å². The highest BCUT2D eigenvalue weighted by atomic mass is 16.5. The van der Waals surface area contributed by atoms with E-state index in [9.17, 15) is 4.79 Å². The molecule has 100 valence electrons. The molecular weight excluding hydrogens is 234 g/mol. The van der Waals surface area contributed by atoms with Crippen molar-refractivity contribution in [3.8, 4) is 5.88 Å². The molecule has 1 aromatic rings. The molecule has 6 nitrogen and oxygen atoms in total. The van der Waals surface area contributed by atoms with E-state index in [1.165, 1.54) is 6.33 Å². The van der Waals surface area contributed by atoms with Crippen LogP contribution in [0, 0.1) is 5.92 Å². The number of rotatable bonds is 7. The molecule has 0 radical (unpaired) electrons. The van der Waals surface area contributed by atoms with E-state index in [4.69, 9.17) is 9.84 Å². The summed E-state index contributed by atoms with van der Waals surface area (Å²) >= 11 is 0. The maximum absolute atomic E-state index is 11.1. The monoisotopic (exact) mass is 253 g/mol. The molecule has 0 aliphatic rings. The number of anilines is 1. The van der Waals surface area contributed by atoms with Gasteiger partial charge in [-0.3, -0.25) is 0 Å². The molecule has 0 fully saturated rings. The van der Waals surface area contributed by atoms with Crippen molar-refractivity contribution in [1.29, 1.82) is 0 Å². The first-order valence-electron chi connectivity index (χ1n) is 5.97. The Bertz CT molecular complexity index is 396. The molecule has 0 aromatic carbocycles. The molecule has 0 aliphatic heterocycles. The Labute approximate surface area is 106 Å². The number of hydrogen-bond donors (Lipinski definition) is 2. The Kier molecular flexibility index (Phi) is 5.35. The van der Waals surface area contributed by atoms with E-state index >= 15 is 0 Å². The summed E-state index contributed by atoms with van der Waals surface area (Å²) in [5.41, 5.74) is 0. The van der Waals surface area contributed by atoms with Gasteiger partial charge < -0.3 is 15.2 Å². The van der Waals surface area contributed by atoms with Gasteiger partial charge in [0.25, 0.3) is 0 Å². The molecule has 2 N–H and O–H groups in total. The highest BCUT2D eigenvalue weighted by Gasteiger charge is 2.19. The van der Waals surface area contributed by atoms with Gasteiger partial charge in [0, 0.05) is 6.07 Å². The van der Waals surface area contributed by atoms with Gasteiger partial charge in [0.05, 0.1) is 6.61 Å². The summed E-state index contributed by atoms with van der Waals surface area (Å²) in [4.78, 5) is 19.0. The Morgan fingerprint density at radius 2 is 2.22 bits per heavy atom. The number of aliphatic carboxylic acids is 1. The number of hydrogen-bond acceptors (Lipinski definition) is 5. The zero-order chi connectivity index (χ0) is 13.5. The van der Waals surface area contributed by atoms with E-state index in [1.807, 2.05) is 20.8 Å². The Balaban J connectivity index is 2.73. The Morgan fingerprint density at radius 1 is 1.50 bits per heavy atom. The van der Waals surface area contributed by atoms with Crippen LogP contribution in [0.5, 0.6) is 5.88 Å². The molecule has 0 saturated heterocycles. The fraction of sp³-hybridized carbons (Fsp3) is 0.583. The third-order valence-corrected chi connectivity index (χ3v) is 2.26. The van der Waals surface area contributed by atoms with Crippen LogP contribution in [0.1, 0.15) is 27.2 Å². The van der Waals surface area contributed by atoms with Gasteiger partial charge in [0.15, 0.2) is 0 Å². The fourth-order valence-corrected chi connectivity index (χ4v) is 1.52. The first-order valence-corrected chi connectivity index (χ1v) is 5.97. The summed E-state index contributed by atoms with van der Waals surface area (Å²) < 4.78 is 5.23. The summed E-state index contributed by atoms with van der Waals surface area (Å²) in [6.45, 7) is 6.31. The van der Waals surface area contributed by atoms with E-state index in [1.54, 1.807) is 6.07 Å². The number of carbonyl (C=O) groups is 1. The number of carboxylic acids is 1. The lowest BCUT2D eigenvalue weighted by molar-refractivity contribution is -0.138. The first-order chi connectivity index (χ1) is 8.52. The van der Waals surface area contributed by atoms with Crippen molar-refractivity contribution < 1.29 is 14.6 Å². The Morgan fingerprint density at radius 3 is 2.78 bits per heavy atom. The van der Waals surface area contributed by atoms with Crippen LogP contribution in [-0.2, 0) is 4.79 Å². The normalized spacial score (nSPS) is 12.2. The second-order valence-corrected chi connectivity index (χ2v) is 4.34. The zero-order valence-corrected chi connectivity index (χ0v) is 10.9. The fourth-order valence-electron chi connectivity index (χ4n) is 1.52. The Hall–Kier alpha value is -1.85. The summed E-state index contributed by atoms with van der Waals surface area (Å²) in [5.74, 6) is 0.289. The molecule has 0 amide bonds. The van der Waals surface area contributed by atoms with Gasteiger partial charge >= 0.3 is 5.97 Å². The van der Waals surface area contributed by atoms with E-state index in [-0.39, 0.29) is 5.92 Å². The topological polar surface area (TPSA) is 84.3 Å². The average Bonchev–Trinajstić information content (AvgIpc) is 2.28. The van der Waals surface area contributed by atoms with Crippen LogP contribution in [0.25, 0.3) is 0 Å². The number of aromatic nitrogens is 2. The molecular formula is C12H19N3O3. The SMILES string of the molecule is CCOc1cc(NC(CC(C)C)C(=O)O)ncn1. The molecule has 6 heteroatoms. The molecule has 1 atom stereocenters. The van der Waals surface area contributed by atoms with Gasteiger partial charge in [-0.05, 0) is 19.3 Å². The maximum atomic E-state index is 11.1. The second kappa shape index (κ2) is 6.78. The van der Waals surface area contributed by atoms with Crippen LogP contribution in [0.2, 0.25) is 0 Å². The van der Waals surface area contributed by atoms with Crippen LogP contribution in [-0.4, -0.2) is 33.7 Å². The van der Waals surface area contributed by atoms with Crippen molar-refractivity contribution >= 4 is 11.8 Å². The molecule has 0 saturated carbocycles. The van der Waals surface area contributed by atoms with Crippen LogP contribution in [0.15, 0.2) is 12.4 Å². The molecule has 1 aromatic heterocycles. The number of nitrogens with one attached hydrogen (secondary N) is 1. The molecule has 0 aliphatic carbocycles. The highest BCUT2D eigenvalue weighted by molar-refractivity contribution is 5.76. The van der Waals surface area contributed by atoms with Crippen LogP contribution >= 0.6 is 0 Å².